The van der Waals surface area contributed by atoms with E-state index in [1.807, 2.05) is 65.2 Å². The molecule has 0 saturated carbocycles. The topological polar surface area (TPSA) is 26.9 Å². The van der Waals surface area contributed by atoms with Crippen LogP contribution in [0.1, 0.15) is 0 Å². The number of nitrogens with zero attached hydrogens (tertiary/aromatic N) is 2. The number of thiophene rings is 1. The standard InChI is InChI=1S/C33H20N2OS/c36-33-31-24-16-7-9-17-27(24)34(21-11-3-1-4-12-21)32(31)26-20-30-25(23-15-8-10-18-29(23)37-30)19-28(26)35(33)22-13-5-2-6-14-22/h1-20H. The van der Waals surface area contributed by atoms with E-state index >= 15 is 0 Å². The van der Waals surface area contributed by atoms with Gasteiger partial charge in [0, 0.05) is 42.3 Å². The quantitative estimate of drug-likeness (QED) is 0.238. The molecule has 0 radical (unpaired) electrons. The summed E-state index contributed by atoms with van der Waals surface area (Å²) in [6, 6.07) is 41.6. The van der Waals surface area contributed by atoms with Gasteiger partial charge in [-0.2, -0.15) is 0 Å². The number of aromatic nitrogens is 2. The van der Waals surface area contributed by atoms with Gasteiger partial charge in [0.05, 0.1) is 21.9 Å². The molecule has 0 atom stereocenters. The van der Waals surface area contributed by atoms with Crippen molar-refractivity contribution in [3.05, 3.63) is 132 Å². The average molecular weight is 493 g/mol. The van der Waals surface area contributed by atoms with E-state index in [-0.39, 0.29) is 5.56 Å². The predicted octanol–water partition coefficient (Wildman–Crippen LogP) is 8.46. The molecule has 5 aromatic carbocycles. The van der Waals surface area contributed by atoms with E-state index in [9.17, 15) is 4.79 Å². The second-order valence-electron chi connectivity index (χ2n) is 9.35. The molecule has 0 spiro atoms. The van der Waals surface area contributed by atoms with Crippen LogP contribution in [0.2, 0.25) is 0 Å². The maximum absolute atomic E-state index is 14.5. The SMILES string of the molecule is O=c1c2c3ccccc3n(-c3ccccc3)c2c2cc3sc4ccccc4c3cc2n1-c1ccccc1. The third kappa shape index (κ3) is 2.85. The Morgan fingerprint density at radius 1 is 0.486 bits per heavy atom. The lowest BCUT2D eigenvalue weighted by Gasteiger charge is -2.14. The number of pyridine rings is 1. The van der Waals surface area contributed by atoms with Crippen LogP contribution in [0.25, 0.3) is 64.3 Å². The van der Waals surface area contributed by atoms with Gasteiger partial charge in [0.1, 0.15) is 0 Å². The zero-order valence-electron chi connectivity index (χ0n) is 19.8. The molecule has 8 rings (SSSR count). The van der Waals surface area contributed by atoms with Gasteiger partial charge in [-0.1, -0.05) is 72.8 Å². The van der Waals surface area contributed by atoms with Crippen molar-refractivity contribution in [3.8, 4) is 11.4 Å². The smallest absolute Gasteiger partial charge is 0.265 e. The number of hydrogen-bond donors (Lipinski definition) is 0. The molecule has 37 heavy (non-hydrogen) atoms. The van der Waals surface area contributed by atoms with Crippen molar-refractivity contribution in [1.29, 1.82) is 0 Å². The summed E-state index contributed by atoms with van der Waals surface area (Å²) >= 11 is 1.80. The van der Waals surface area contributed by atoms with Gasteiger partial charge in [-0.05, 0) is 48.5 Å². The van der Waals surface area contributed by atoms with Gasteiger partial charge in [0.2, 0.25) is 0 Å². The summed E-state index contributed by atoms with van der Waals surface area (Å²) in [5.41, 5.74) is 4.82. The lowest BCUT2D eigenvalue weighted by Crippen LogP contribution is -2.19. The normalized spacial score (nSPS) is 11.9. The molecule has 0 fully saturated rings. The van der Waals surface area contributed by atoms with Gasteiger partial charge >= 0.3 is 0 Å². The monoisotopic (exact) mass is 492 g/mol. The third-order valence-electron chi connectivity index (χ3n) is 7.31. The predicted molar refractivity (Wildman–Crippen MR) is 157 cm³/mol. The largest absolute Gasteiger partial charge is 0.308 e. The lowest BCUT2D eigenvalue weighted by atomic mass is 10.1. The first-order valence-corrected chi connectivity index (χ1v) is 13.2. The molecule has 0 amide bonds. The Hall–Kier alpha value is -4.67. The molecule has 0 unspecified atom stereocenters. The fourth-order valence-electron chi connectivity index (χ4n) is 5.75. The van der Waals surface area contributed by atoms with Crippen LogP contribution < -0.4 is 5.56 Å². The minimum Gasteiger partial charge on any atom is -0.308 e. The molecule has 0 aliphatic carbocycles. The second kappa shape index (κ2) is 7.66. The lowest BCUT2D eigenvalue weighted by molar-refractivity contribution is 1.06. The molecule has 0 N–H and O–H groups in total. The van der Waals surface area contributed by atoms with Gasteiger partial charge in [-0.3, -0.25) is 9.36 Å². The van der Waals surface area contributed by atoms with E-state index in [1.165, 1.54) is 20.2 Å². The minimum atomic E-state index is -0.00142. The Kier molecular flexibility index (Phi) is 4.25. The molecule has 4 heteroatoms. The number of para-hydroxylation sites is 3. The highest BCUT2D eigenvalue weighted by Gasteiger charge is 2.22. The van der Waals surface area contributed by atoms with Crippen LogP contribution in [0.4, 0.5) is 0 Å². The van der Waals surface area contributed by atoms with Crippen molar-refractivity contribution in [2.45, 2.75) is 0 Å². The number of fused-ring (bicyclic) bond motifs is 8. The average Bonchev–Trinajstić information content (AvgIpc) is 3.49. The van der Waals surface area contributed by atoms with Crippen molar-refractivity contribution < 1.29 is 0 Å². The number of rotatable bonds is 2. The fourth-order valence-corrected chi connectivity index (χ4v) is 6.87. The summed E-state index contributed by atoms with van der Waals surface area (Å²) in [5, 5.41) is 5.18. The van der Waals surface area contributed by atoms with Crippen molar-refractivity contribution in [2.75, 3.05) is 0 Å². The van der Waals surface area contributed by atoms with Crippen LogP contribution >= 0.6 is 11.3 Å². The Balaban J connectivity index is 1.69. The second-order valence-corrected chi connectivity index (χ2v) is 10.4. The first-order chi connectivity index (χ1) is 18.3. The fraction of sp³-hybridized carbons (Fsp3) is 0. The summed E-state index contributed by atoms with van der Waals surface area (Å²) < 4.78 is 6.62. The van der Waals surface area contributed by atoms with Crippen molar-refractivity contribution in [2.24, 2.45) is 0 Å². The van der Waals surface area contributed by atoms with Gasteiger partial charge in [-0.15, -0.1) is 11.3 Å². The van der Waals surface area contributed by atoms with Crippen LogP contribution in [0.5, 0.6) is 0 Å². The molecule has 0 aliphatic heterocycles. The summed E-state index contributed by atoms with van der Waals surface area (Å²) in [7, 11) is 0. The van der Waals surface area contributed by atoms with Crippen LogP contribution in [0.15, 0.2) is 126 Å². The van der Waals surface area contributed by atoms with E-state index in [4.69, 9.17) is 0 Å². The summed E-state index contributed by atoms with van der Waals surface area (Å²) in [5.74, 6) is 0. The maximum atomic E-state index is 14.5. The van der Waals surface area contributed by atoms with E-state index in [0.717, 1.165) is 44.1 Å². The minimum absolute atomic E-state index is 0.00142. The Morgan fingerprint density at radius 3 is 1.86 bits per heavy atom. The highest BCUT2D eigenvalue weighted by molar-refractivity contribution is 7.25. The van der Waals surface area contributed by atoms with Crippen LogP contribution in [-0.2, 0) is 0 Å². The molecule has 3 heterocycles. The Labute approximate surface area is 216 Å². The molecule has 174 valence electrons. The van der Waals surface area contributed by atoms with Gasteiger partial charge in [0.25, 0.3) is 5.56 Å². The van der Waals surface area contributed by atoms with Gasteiger partial charge < -0.3 is 4.57 Å². The zero-order chi connectivity index (χ0) is 24.5. The highest BCUT2D eigenvalue weighted by atomic mass is 32.1. The summed E-state index contributed by atoms with van der Waals surface area (Å²) in [6.07, 6.45) is 0. The van der Waals surface area contributed by atoms with Crippen LogP contribution in [0.3, 0.4) is 0 Å². The molecule has 0 aliphatic rings. The molecule has 0 saturated heterocycles. The first-order valence-electron chi connectivity index (χ1n) is 12.3. The zero-order valence-corrected chi connectivity index (χ0v) is 20.6. The number of hydrogen-bond acceptors (Lipinski definition) is 2. The third-order valence-corrected chi connectivity index (χ3v) is 8.45. The highest BCUT2D eigenvalue weighted by Crippen LogP contribution is 2.40. The summed E-state index contributed by atoms with van der Waals surface area (Å²) in [4.78, 5) is 14.5. The van der Waals surface area contributed by atoms with Crippen molar-refractivity contribution in [3.63, 3.8) is 0 Å². The molecular weight excluding hydrogens is 472 g/mol. The molecule has 3 nitrogen and oxygen atoms in total. The summed E-state index contributed by atoms with van der Waals surface area (Å²) in [6.45, 7) is 0. The molecule has 3 aromatic heterocycles. The van der Waals surface area contributed by atoms with Gasteiger partial charge in [0.15, 0.2) is 0 Å². The maximum Gasteiger partial charge on any atom is 0.265 e. The number of benzene rings is 5. The van der Waals surface area contributed by atoms with Crippen molar-refractivity contribution >= 4 is 64.2 Å². The first kappa shape index (κ1) is 20.5. The van der Waals surface area contributed by atoms with Crippen molar-refractivity contribution in [1.82, 2.24) is 9.13 Å². The van der Waals surface area contributed by atoms with Crippen LogP contribution in [-0.4, -0.2) is 9.13 Å². The van der Waals surface area contributed by atoms with E-state index in [0.29, 0.717) is 0 Å². The van der Waals surface area contributed by atoms with E-state index < -0.39 is 0 Å². The molecule has 0 bridgehead atoms. The molecule has 8 aromatic rings. The Morgan fingerprint density at radius 2 is 1.11 bits per heavy atom. The van der Waals surface area contributed by atoms with Crippen LogP contribution in [0, 0.1) is 0 Å². The van der Waals surface area contributed by atoms with E-state index in [2.05, 4.69) is 65.2 Å². The van der Waals surface area contributed by atoms with Gasteiger partial charge in [-0.25, -0.2) is 0 Å². The molecular formula is C33H20N2OS. The Bertz CT molecular complexity index is 2200. The van der Waals surface area contributed by atoms with E-state index in [1.54, 1.807) is 11.3 Å².